The Morgan fingerprint density at radius 2 is 2.23 bits per heavy atom. The number of carbonyl (C=O) groups excluding carboxylic acids is 1. The first kappa shape index (κ1) is 16.5. The molecule has 0 spiro atoms. The molecule has 0 aliphatic carbocycles. The molecule has 0 aliphatic heterocycles. The second kappa shape index (κ2) is 7.44. The molecule has 0 fully saturated rings. The Morgan fingerprint density at radius 1 is 1.45 bits per heavy atom. The van der Waals surface area contributed by atoms with Gasteiger partial charge in [0.1, 0.15) is 5.82 Å². The first-order chi connectivity index (χ1) is 10.5. The van der Waals surface area contributed by atoms with Gasteiger partial charge in [-0.1, -0.05) is 19.0 Å². The first-order valence-corrected chi connectivity index (χ1v) is 8.33. The number of nitrogens with one attached hydrogen (secondary N) is 1. The minimum atomic E-state index is -0.0704. The Kier molecular flexibility index (Phi) is 5.59. The Morgan fingerprint density at radius 3 is 2.86 bits per heavy atom. The smallest absolute Gasteiger partial charge is 0.236 e. The summed E-state index contributed by atoms with van der Waals surface area (Å²) in [5.41, 5.74) is 0. The highest BCUT2D eigenvalue weighted by atomic mass is 32.2. The molecular formula is C14H21N5O2S. The summed E-state index contributed by atoms with van der Waals surface area (Å²) in [4.78, 5) is 16.1. The summed E-state index contributed by atoms with van der Waals surface area (Å²) in [5, 5.41) is 10.9. The number of amides is 1. The molecule has 7 nitrogen and oxygen atoms in total. The number of carbonyl (C=O) groups is 1. The van der Waals surface area contributed by atoms with Gasteiger partial charge in [-0.25, -0.2) is 4.68 Å². The quantitative estimate of drug-likeness (QED) is 0.843. The number of hydrogen-bond donors (Lipinski definition) is 1. The van der Waals surface area contributed by atoms with E-state index >= 15 is 0 Å². The van der Waals surface area contributed by atoms with Crippen molar-refractivity contribution in [1.82, 2.24) is 19.9 Å². The maximum absolute atomic E-state index is 12.0. The number of nitrogens with zero attached hydrogens (tertiary/aromatic N) is 4. The fourth-order valence-corrected chi connectivity index (χ4v) is 2.48. The van der Waals surface area contributed by atoms with E-state index < -0.39 is 0 Å². The van der Waals surface area contributed by atoms with Gasteiger partial charge in [0, 0.05) is 6.07 Å². The lowest BCUT2D eigenvalue weighted by molar-refractivity contribution is -0.113. The van der Waals surface area contributed by atoms with Crippen LogP contribution in [0.1, 0.15) is 38.5 Å². The number of anilines is 1. The van der Waals surface area contributed by atoms with Crippen LogP contribution in [0.25, 0.3) is 0 Å². The lowest BCUT2D eigenvalue weighted by atomic mass is 10.1. The van der Waals surface area contributed by atoms with Gasteiger partial charge >= 0.3 is 0 Å². The largest absolute Gasteiger partial charge is 0.338 e. The van der Waals surface area contributed by atoms with Crippen LogP contribution in [0.3, 0.4) is 0 Å². The van der Waals surface area contributed by atoms with E-state index in [1.54, 1.807) is 13.1 Å². The van der Waals surface area contributed by atoms with Gasteiger partial charge in [0.15, 0.2) is 5.82 Å². The Labute approximate surface area is 133 Å². The van der Waals surface area contributed by atoms with Crippen molar-refractivity contribution >= 4 is 23.5 Å². The Hall–Kier alpha value is -1.83. The van der Waals surface area contributed by atoms with Crippen LogP contribution in [0.2, 0.25) is 0 Å². The lowest BCUT2D eigenvalue weighted by Gasteiger charge is -2.19. The van der Waals surface area contributed by atoms with Crippen molar-refractivity contribution in [1.29, 1.82) is 0 Å². The van der Waals surface area contributed by atoms with Crippen molar-refractivity contribution in [3.63, 3.8) is 0 Å². The summed E-state index contributed by atoms with van der Waals surface area (Å²) in [6, 6.07) is 2.03. The molecule has 0 bridgehead atoms. The molecule has 0 saturated carbocycles. The van der Waals surface area contributed by atoms with Crippen LogP contribution in [0.15, 0.2) is 16.8 Å². The van der Waals surface area contributed by atoms with Crippen molar-refractivity contribution in [3.05, 3.63) is 24.0 Å². The number of thioether (sulfide) groups is 1. The molecule has 0 unspecified atom stereocenters. The van der Waals surface area contributed by atoms with Gasteiger partial charge in [-0.15, -0.1) is 11.8 Å². The standard InChI is InChI=1S/C14H21N5O2S/c1-9(2)10(3)19-12(5-6-15-19)17-13(20)7-22-8-14-16-11(4)18-21-14/h5-6,9-10H,7-8H2,1-4H3,(H,17,20)/t10-/m1/s1. The second-order valence-corrected chi connectivity index (χ2v) is 6.41. The fraction of sp³-hybridized carbons (Fsp3) is 0.571. The Balaban J connectivity index is 1.83. The average Bonchev–Trinajstić information content (AvgIpc) is 3.07. The molecule has 2 heterocycles. The normalized spacial score (nSPS) is 12.6. The topological polar surface area (TPSA) is 85.8 Å². The SMILES string of the molecule is Cc1noc(CSCC(=O)Nc2ccnn2[C@H](C)C(C)C)n1. The van der Waals surface area contributed by atoms with E-state index in [4.69, 9.17) is 4.52 Å². The third-order valence-electron chi connectivity index (χ3n) is 3.32. The maximum atomic E-state index is 12.0. The average molecular weight is 323 g/mol. The van der Waals surface area contributed by atoms with Gasteiger partial charge in [-0.05, 0) is 19.8 Å². The van der Waals surface area contributed by atoms with E-state index in [-0.39, 0.29) is 11.9 Å². The minimum Gasteiger partial charge on any atom is -0.338 e. The van der Waals surface area contributed by atoms with Gasteiger partial charge in [-0.3, -0.25) is 4.79 Å². The molecule has 1 N–H and O–H groups in total. The summed E-state index contributed by atoms with van der Waals surface area (Å²) >= 11 is 1.43. The molecule has 0 radical (unpaired) electrons. The molecule has 1 amide bonds. The van der Waals surface area contributed by atoms with Crippen LogP contribution < -0.4 is 5.32 Å². The molecule has 2 aromatic heterocycles. The predicted molar refractivity (Wildman–Crippen MR) is 85.6 cm³/mol. The predicted octanol–water partition coefficient (Wildman–Crippen LogP) is 2.66. The van der Waals surface area contributed by atoms with E-state index in [2.05, 4.69) is 41.3 Å². The van der Waals surface area contributed by atoms with Gasteiger partial charge in [0.25, 0.3) is 0 Å². The van der Waals surface area contributed by atoms with E-state index in [9.17, 15) is 4.79 Å². The second-order valence-electron chi connectivity index (χ2n) is 5.42. The fourth-order valence-electron chi connectivity index (χ4n) is 1.83. The van der Waals surface area contributed by atoms with Gasteiger partial charge in [0.05, 0.1) is 23.7 Å². The van der Waals surface area contributed by atoms with E-state index in [1.807, 2.05) is 10.7 Å². The van der Waals surface area contributed by atoms with Crippen molar-refractivity contribution in [2.45, 2.75) is 39.5 Å². The zero-order valence-corrected chi connectivity index (χ0v) is 14.1. The molecule has 2 rings (SSSR count). The molecule has 2 aromatic rings. The van der Waals surface area contributed by atoms with E-state index in [0.717, 1.165) is 5.82 Å². The third-order valence-corrected chi connectivity index (χ3v) is 4.23. The molecule has 1 atom stereocenters. The van der Waals surface area contributed by atoms with Crippen LogP contribution in [0.5, 0.6) is 0 Å². The number of hydrogen-bond acceptors (Lipinski definition) is 6. The first-order valence-electron chi connectivity index (χ1n) is 7.17. The lowest BCUT2D eigenvalue weighted by Crippen LogP contribution is -2.21. The maximum Gasteiger partial charge on any atom is 0.236 e. The summed E-state index contributed by atoms with van der Waals surface area (Å²) < 4.78 is 6.84. The highest BCUT2D eigenvalue weighted by molar-refractivity contribution is 7.99. The molecule has 0 aromatic carbocycles. The van der Waals surface area contributed by atoms with Crippen molar-refractivity contribution in [3.8, 4) is 0 Å². The van der Waals surface area contributed by atoms with Gasteiger partial charge < -0.3 is 9.84 Å². The zero-order valence-electron chi connectivity index (χ0n) is 13.2. The number of aryl methyl sites for hydroxylation is 1. The van der Waals surface area contributed by atoms with Gasteiger partial charge in [-0.2, -0.15) is 10.1 Å². The van der Waals surface area contributed by atoms with Crippen LogP contribution in [-0.2, 0) is 10.5 Å². The van der Waals surface area contributed by atoms with Gasteiger partial charge in [0.2, 0.25) is 11.8 Å². The molecule has 0 saturated heterocycles. The van der Waals surface area contributed by atoms with E-state index in [0.29, 0.717) is 29.1 Å². The van der Waals surface area contributed by atoms with Crippen LogP contribution in [0, 0.1) is 12.8 Å². The highest BCUT2D eigenvalue weighted by Crippen LogP contribution is 2.21. The summed E-state index contributed by atoms with van der Waals surface area (Å²) in [5.74, 6) is 3.07. The number of rotatable bonds is 7. The third kappa shape index (κ3) is 4.33. The summed E-state index contributed by atoms with van der Waals surface area (Å²) in [6.45, 7) is 8.10. The molecular weight excluding hydrogens is 302 g/mol. The molecule has 8 heteroatoms. The summed E-state index contributed by atoms with van der Waals surface area (Å²) in [7, 11) is 0. The van der Waals surface area contributed by atoms with Crippen molar-refractivity contribution in [2.75, 3.05) is 11.1 Å². The molecule has 0 aliphatic rings. The highest BCUT2D eigenvalue weighted by Gasteiger charge is 2.15. The van der Waals surface area contributed by atoms with Crippen molar-refractivity contribution < 1.29 is 9.32 Å². The van der Waals surface area contributed by atoms with Crippen LogP contribution >= 0.6 is 11.8 Å². The van der Waals surface area contributed by atoms with Crippen LogP contribution in [0.4, 0.5) is 5.82 Å². The minimum absolute atomic E-state index is 0.0704. The Bertz CT molecular complexity index is 622. The van der Waals surface area contributed by atoms with Crippen molar-refractivity contribution in [2.24, 2.45) is 5.92 Å². The zero-order chi connectivity index (χ0) is 16.1. The monoisotopic (exact) mass is 323 g/mol. The molecule has 120 valence electrons. The number of aromatic nitrogens is 4. The van der Waals surface area contributed by atoms with Crippen LogP contribution in [-0.4, -0.2) is 31.6 Å². The van der Waals surface area contributed by atoms with E-state index in [1.165, 1.54) is 11.8 Å². The summed E-state index contributed by atoms with van der Waals surface area (Å²) in [6.07, 6.45) is 1.70. The molecule has 22 heavy (non-hydrogen) atoms.